The molecule has 6 rings (SSSR count). The van der Waals surface area contributed by atoms with Crippen LogP contribution in [0.5, 0.6) is 0 Å². The van der Waals surface area contributed by atoms with E-state index in [4.69, 9.17) is 19.3 Å². The van der Waals surface area contributed by atoms with Gasteiger partial charge in [-0.1, -0.05) is 0 Å². The maximum absolute atomic E-state index is 15.1. The van der Waals surface area contributed by atoms with Gasteiger partial charge in [0.05, 0.1) is 24.6 Å². The molecule has 1 aromatic carbocycles. The molecule has 2 aliphatic rings. The van der Waals surface area contributed by atoms with Crippen molar-refractivity contribution in [3.8, 4) is 11.3 Å². The lowest BCUT2D eigenvalue weighted by Crippen LogP contribution is -2.46. The average molecular weight is 514 g/mol. The Hall–Kier alpha value is -2.90. The fourth-order valence-corrected chi connectivity index (χ4v) is 5.62. The molecule has 0 aliphatic carbocycles. The number of aromatic amines is 1. The van der Waals surface area contributed by atoms with E-state index in [9.17, 15) is 4.21 Å². The molecule has 190 valence electrons. The summed E-state index contributed by atoms with van der Waals surface area (Å²) in [7, 11) is 0. The zero-order valence-electron chi connectivity index (χ0n) is 19.8. The molecule has 2 N–H and O–H groups in total. The van der Waals surface area contributed by atoms with Crippen LogP contribution >= 0.6 is 0 Å². The highest BCUT2D eigenvalue weighted by Gasteiger charge is 2.23. The fraction of sp³-hybridized carbons (Fsp3) is 0.417. The van der Waals surface area contributed by atoms with E-state index in [2.05, 4.69) is 14.8 Å². The van der Waals surface area contributed by atoms with Crippen molar-refractivity contribution in [3.05, 3.63) is 48.3 Å². The molecule has 0 radical (unpaired) electrons. The third kappa shape index (κ3) is 4.62. The average Bonchev–Trinajstić information content (AvgIpc) is 3.51. The number of benzene rings is 1. The second-order valence-electron chi connectivity index (χ2n) is 9.22. The lowest BCUT2D eigenvalue weighted by Gasteiger charge is -2.33. The van der Waals surface area contributed by atoms with Gasteiger partial charge in [-0.3, -0.25) is 9.80 Å². The van der Waals surface area contributed by atoms with Crippen LogP contribution in [0.3, 0.4) is 0 Å². The van der Waals surface area contributed by atoms with Crippen molar-refractivity contribution in [2.45, 2.75) is 6.54 Å². The second-order valence-corrected chi connectivity index (χ2v) is 10.1. The summed E-state index contributed by atoms with van der Waals surface area (Å²) in [6.45, 7) is 6.34. The van der Waals surface area contributed by atoms with Gasteiger partial charge in [-0.15, -0.1) is 0 Å². The Labute approximate surface area is 210 Å². The molecular formula is C24H28FN7O3S. The number of morpholine rings is 1. The van der Waals surface area contributed by atoms with Crippen LogP contribution in [0.1, 0.15) is 5.69 Å². The van der Waals surface area contributed by atoms with Gasteiger partial charge >= 0.3 is 0 Å². The lowest BCUT2D eigenvalue weighted by molar-refractivity contribution is 0.122. The predicted octanol–water partition coefficient (Wildman–Crippen LogP) is 2.15. The molecule has 0 amide bonds. The van der Waals surface area contributed by atoms with E-state index in [1.165, 1.54) is 6.07 Å². The maximum atomic E-state index is 15.1. The number of piperazine rings is 1. The molecule has 2 fully saturated rings. The standard InChI is InChI=1S/C24H28FN7O3S/c25-19-1-2-20-18(3-4-26-20)22(19)21-15-32-14-17(13-29-5-7-30(8-6-29)16-36(33)34)27-23(32)24(28-21)31-9-11-35-12-10-31/h1-4,14-15,26H,5-13,16H2,(H,33,34). The van der Waals surface area contributed by atoms with Gasteiger partial charge in [0.15, 0.2) is 22.5 Å². The van der Waals surface area contributed by atoms with Crippen molar-refractivity contribution in [3.63, 3.8) is 0 Å². The minimum absolute atomic E-state index is 0.185. The number of ether oxygens (including phenoxy) is 1. The molecule has 0 spiro atoms. The number of aromatic nitrogens is 4. The van der Waals surface area contributed by atoms with Crippen LogP contribution in [0.4, 0.5) is 10.2 Å². The summed E-state index contributed by atoms with van der Waals surface area (Å²) in [4.78, 5) is 19.5. The number of hydrogen-bond acceptors (Lipinski definition) is 7. The minimum Gasteiger partial charge on any atom is -0.378 e. The molecule has 10 nitrogen and oxygen atoms in total. The molecule has 0 bridgehead atoms. The Bertz CT molecular complexity index is 1410. The van der Waals surface area contributed by atoms with Gasteiger partial charge in [0.2, 0.25) is 0 Å². The summed E-state index contributed by atoms with van der Waals surface area (Å²) in [6, 6.07) is 5.09. The summed E-state index contributed by atoms with van der Waals surface area (Å²) in [5, 5.41) is 0.789. The molecule has 36 heavy (non-hydrogen) atoms. The van der Waals surface area contributed by atoms with Crippen molar-refractivity contribution >= 4 is 33.4 Å². The SMILES string of the molecule is O=S(O)CN1CCN(Cc2cn3cc(-c4c(F)ccc5[nH]ccc45)nc(N4CCOCC4)c3n2)CC1. The van der Waals surface area contributed by atoms with Crippen LogP contribution < -0.4 is 4.90 Å². The number of rotatable bonds is 6. The molecule has 12 heteroatoms. The number of fused-ring (bicyclic) bond motifs is 2. The normalized spacial score (nSPS) is 18.9. The number of halogens is 1. The number of H-pyrrole nitrogens is 1. The van der Waals surface area contributed by atoms with E-state index < -0.39 is 11.1 Å². The summed E-state index contributed by atoms with van der Waals surface area (Å²) in [5.74, 6) is 0.595. The van der Waals surface area contributed by atoms with Crippen molar-refractivity contribution < 1.29 is 17.9 Å². The zero-order valence-corrected chi connectivity index (χ0v) is 20.6. The van der Waals surface area contributed by atoms with Crippen LogP contribution in [-0.2, 0) is 22.4 Å². The predicted molar refractivity (Wildman–Crippen MR) is 136 cm³/mol. The number of nitrogens with one attached hydrogen (secondary N) is 1. The first-order chi connectivity index (χ1) is 17.5. The molecule has 1 atom stereocenters. The van der Waals surface area contributed by atoms with Gasteiger partial charge in [-0.2, -0.15) is 0 Å². The van der Waals surface area contributed by atoms with E-state index in [0.29, 0.717) is 44.1 Å². The summed E-state index contributed by atoms with van der Waals surface area (Å²) in [6.07, 6.45) is 5.66. The maximum Gasteiger partial charge on any atom is 0.180 e. The first kappa shape index (κ1) is 23.5. The number of nitrogens with zero attached hydrogens (tertiary/aromatic N) is 6. The van der Waals surface area contributed by atoms with Gasteiger partial charge < -0.3 is 23.6 Å². The minimum atomic E-state index is -1.81. The topological polar surface area (TPSA) is 102 Å². The fourth-order valence-electron chi connectivity index (χ4n) is 5.05. The Morgan fingerprint density at radius 1 is 1.03 bits per heavy atom. The Kier molecular flexibility index (Phi) is 6.44. The number of hydrogen-bond donors (Lipinski definition) is 2. The van der Waals surface area contributed by atoms with Crippen LogP contribution in [0.25, 0.3) is 27.8 Å². The lowest BCUT2D eigenvalue weighted by atomic mass is 10.1. The Balaban J connectivity index is 1.36. The smallest absolute Gasteiger partial charge is 0.180 e. The number of imidazole rings is 1. The molecule has 1 unspecified atom stereocenters. The molecule has 4 aromatic rings. The van der Waals surface area contributed by atoms with E-state index in [0.717, 1.165) is 54.2 Å². The first-order valence-corrected chi connectivity index (χ1v) is 13.3. The summed E-state index contributed by atoms with van der Waals surface area (Å²) < 4.78 is 42.9. The van der Waals surface area contributed by atoms with Crippen molar-refractivity contribution in [1.82, 2.24) is 29.2 Å². The van der Waals surface area contributed by atoms with Crippen molar-refractivity contribution in [1.29, 1.82) is 0 Å². The highest BCUT2D eigenvalue weighted by atomic mass is 32.2. The largest absolute Gasteiger partial charge is 0.378 e. The quantitative estimate of drug-likeness (QED) is 0.378. The Morgan fingerprint density at radius 2 is 1.81 bits per heavy atom. The molecule has 2 aliphatic heterocycles. The highest BCUT2D eigenvalue weighted by molar-refractivity contribution is 7.79. The summed E-state index contributed by atoms with van der Waals surface area (Å²) >= 11 is -1.81. The molecular weight excluding hydrogens is 485 g/mol. The summed E-state index contributed by atoms with van der Waals surface area (Å²) in [5.41, 5.74) is 3.53. The molecule has 2 saturated heterocycles. The monoisotopic (exact) mass is 513 g/mol. The molecule has 3 aromatic heterocycles. The van der Waals surface area contributed by atoms with Gasteiger partial charge in [0, 0.05) is 80.9 Å². The highest BCUT2D eigenvalue weighted by Crippen LogP contribution is 2.32. The zero-order chi connectivity index (χ0) is 24.6. The van der Waals surface area contributed by atoms with Crippen LogP contribution in [0.2, 0.25) is 0 Å². The van der Waals surface area contributed by atoms with Crippen LogP contribution in [0.15, 0.2) is 36.8 Å². The van der Waals surface area contributed by atoms with E-state index in [-0.39, 0.29) is 11.7 Å². The van der Waals surface area contributed by atoms with Gasteiger partial charge in [-0.05, 0) is 18.2 Å². The van der Waals surface area contributed by atoms with Gasteiger partial charge in [0.1, 0.15) is 11.7 Å². The second kappa shape index (κ2) is 9.87. The molecule has 5 heterocycles. The van der Waals surface area contributed by atoms with Gasteiger partial charge in [-0.25, -0.2) is 18.6 Å². The first-order valence-electron chi connectivity index (χ1n) is 12.0. The van der Waals surface area contributed by atoms with E-state index >= 15 is 4.39 Å². The van der Waals surface area contributed by atoms with E-state index in [1.54, 1.807) is 6.07 Å². The third-order valence-electron chi connectivity index (χ3n) is 6.86. The van der Waals surface area contributed by atoms with Gasteiger partial charge in [0.25, 0.3) is 0 Å². The molecule has 0 saturated carbocycles. The number of anilines is 1. The third-order valence-corrected chi connectivity index (χ3v) is 7.45. The van der Waals surface area contributed by atoms with Crippen molar-refractivity contribution in [2.75, 3.05) is 63.3 Å². The Morgan fingerprint density at radius 3 is 2.58 bits per heavy atom. The van der Waals surface area contributed by atoms with Crippen LogP contribution in [-0.4, -0.2) is 96.3 Å². The van der Waals surface area contributed by atoms with Crippen molar-refractivity contribution in [2.24, 2.45) is 0 Å². The van der Waals surface area contributed by atoms with Crippen LogP contribution in [0, 0.1) is 5.82 Å². The van der Waals surface area contributed by atoms with E-state index in [1.807, 2.05) is 34.0 Å².